The van der Waals surface area contributed by atoms with Gasteiger partial charge in [-0.1, -0.05) is 159 Å². The lowest BCUT2D eigenvalue weighted by Gasteiger charge is -2.42. The third kappa shape index (κ3) is 30.3. The largest absolute Gasteiger partial charge is 0.508 e. The Labute approximate surface area is 787 Å². The van der Waals surface area contributed by atoms with E-state index < -0.39 is 191 Å². The van der Waals surface area contributed by atoms with E-state index in [2.05, 4.69) is 58.2 Å². The number of phenols is 1. The summed E-state index contributed by atoms with van der Waals surface area (Å²) in [7, 11) is 9.67. The second-order valence-corrected chi connectivity index (χ2v) is 39.0. The summed E-state index contributed by atoms with van der Waals surface area (Å²) in [4.78, 5) is 193. The van der Waals surface area contributed by atoms with Crippen molar-refractivity contribution in [2.24, 2.45) is 23.1 Å². The molecule has 9 rings (SSSR count). The Bertz CT molecular complexity index is 4910. The van der Waals surface area contributed by atoms with Crippen LogP contribution in [0.4, 0.5) is 15.3 Å². The highest BCUT2D eigenvalue weighted by molar-refractivity contribution is 8.77. The summed E-state index contributed by atoms with van der Waals surface area (Å²) < 4.78 is 29.7. The van der Waals surface area contributed by atoms with Crippen molar-refractivity contribution < 1.29 is 101 Å². The summed E-state index contributed by atoms with van der Waals surface area (Å²) in [5.74, 6) is -11.1. The van der Waals surface area contributed by atoms with E-state index in [1.807, 2.05) is 13.0 Å². The Morgan fingerprint density at radius 3 is 2.15 bits per heavy atom. The average Bonchev–Trinajstić information content (AvgIpc) is 1.57. The van der Waals surface area contributed by atoms with E-state index >= 15 is 14.4 Å². The van der Waals surface area contributed by atoms with Crippen molar-refractivity contribution in [1.29, 1.82) is 0 Å². The van der Waals surface area contributed by atoms with Crippen LogP contribution in [0.25, 0.3) is 10.9 Å². The Balaban J connectivity index is 0.927. The fourth-order valence-electron chi connectivity index (χ4n) is 15.4. The third-order valence-electron chi connectivity index (χ3n) is 23.4. The molecule has 5 aromatic rings. The number of primary amides is 1. The number of urea groups is 1. The normalized spacial score (nSPS) is 25.3. The molecule has 4 bridgehead atoms. The van der Waals surface area contributed by atoms with Crippen molar-refractivity contribution in [3.8, 4) is 11.5 Å². The first-order chi connectivity index (χ1) is 62.9. The first-order valence-corrected chi connectivity index (χ1v) is 49.1. The lowest BCUT2D eigenvalue weighted by Crippen LogP contribution is -2.63. The van der Waals surface area contributed by atoms with Crippen LogP contribution in [0.15, 0.2) is 121 Å². The second-order valence-electron chi connectivity index (χ2n) is 33.4. The van der Waals surface area contributed by atoms with Crippen molar-refractivity contribution in [2.75, 3.05) is 75.9 Å². The van der Waals surface area contributed by atoms with Gasteiger partial charge in [-0.3, -0.25) is 53.3 Å². The summed E-state index contributed by atoms with van der Waals surface area (Å²) >= 11 is 6.90. The van der Waals surface area contributed by atoms with Gasteiger partial charge in [-0.05, 0) is 132 Å². The highest BCUT2D eigenvalue weighted by atomic mass is 35.5. The zero-order valence-electron chi connectivity index (χ0n) is 75.3. The number of para-hydroxylation sites is 1. The van der Waals surface area contributed by atoms with E-state index in [0.717, 1.165) is 79.3 Å². The minimum absolute atomic E-state index is 0.0381. The van der Waals surface area contributed by atoms with Gasteiger partial charge in [0, 0.05) is 106 Å². The van der Waals surface area contributed by atoms with Crippen LogP contribution >= 0.6 is 54.8 Å². The molecule has 4 aliphatic rings. The number of aliphatic hydroxyl groups is 2. The van der Waals surface area contributed by atoms with Gasteiger partial charge in [-0.2, -0.15) is 0 Å². The molecule has 17 atom stereocenters. The van der Waals surface area contributed by atoms with Gasteiger partial charge in [0.25, 0.3) is 0 Å². The number of aromatic nitrogens is 1. The molecule has 1 unspecified atom stereocenters. The van der Waals surface area contributed by atoms with Crippen LogP contribution in [0.5, 0.6) is 11.5 Å². The van der Waals surface area contributed by atoms with Crippen LogP contribution < -0.4 is 80.0 Å². The minimum Gasteiger partial charge on any atom is -0.508 e. The molecule has 1 aromatic heterocycles. The lowest BCUT2D eigenvalue weighted by atomic mass is 9.83. The molecule has 4 aromatic carbocycles. The predicted octanol–water partition coefficient (Wildman–Crippen LogP) is 4.17. The van der Waals surface area contributed by atoms with E-state index in [4.69, 9.17) is 52.5 Å². The van der Waals surface area contributed by atoms with E-state index in [1.54, 1.807) is 98.9 Å². The maximum atomic E-state index is 15.3. The number of anilines is 1. The fraction of sp³-hybridized carbons (Fsp3) is 0.522. The maximum Gasteiger partial charge on any atom is 0.409 e. The number of methoxy groups -OCH3 is 2. The number of ether oxygens (including phenoxy) is 5. The Morgan fingerprint density at radius 1 is 0.803 bits per heavy atom. The SMILES string of the molecule is COc1cc2cc(c1Cl)N(C)C(=O)C[C@H](OC(=O)[C@H](C)N(C)C(=O)CCSSC[C@H](NC(=O)[C@@H]1CSSC[C@H](NC(=O)[C@H](N)Cc3ccccc3)C(=O)N[C@@H](Cc3ccc(O)cc3)C(=O)N[C@H](Cc3c[nH]c4ccccc34)C(=O)N[C@@H](CCCCNC(=O)NCCCCCCN)C(=O)N[C@@H]([C@@H](C)O)C(=O)N1)C(N)=O)[C@]1(C)OC1[C@H](C)[C@@H]1C[C@@](O)(NC(=O)O1)[C@H](OC)/C=C/C=C(\C)C2. The van der Waals surface area contributed by atoms with Gasteiger partial charge in [-0.25, -0.2) is 14.4 Å². The van der Waals surface area contributed by atoms with Crippen LogP contribution in [0.2, 0.25) is 5.02 Å². The van der Waals surface area contributed by atoms with Crippen LogP contribution in [-0.2, 0) is 97.4 Å². The van der Waals surface area contributed by atoms with E-state index in [0.29, 0.717) is 52.7 Å². The number of unbranched alkanes of at least 4 members (excludes halogenated alkanes) is 4. The number of allylic oxidation sites excluding steroid dienone is 3. The number of nitrogens with one attached hydrogen (secondary N) is 11. The maximum absolute atomic E-state index is 15.3. The number of nitrogens with zero attached hydrogens (tertiary/aromatic N) is 2. The van der Waals surface area contributed by atoms with Crippen molar-refractivity contribution >= 4 is 149 Å². The number of phenolic OH excluding ortho intramolecular Hbond substituents is 1. The molecule has 13 amide bonds. The Hall–Kier alpha value is -10.3. The number of hydrogen-bond acceptors (Lipinski definition) is 27. The molecule has 0 radical (unpaired) electrons. The molecule has 0 spiro atoms. The molecule has 42 heteroatoms. The standard InChI is InChI=1S/C90H123ClN16O21S4/c1-50-22-21-28-71(125-9)90(123)45-70(126-88(122)105-90)51(2)77-89(5,128-77)72(44-74(111)107(7)68-41-56(38-50)42-69(124-8)75(68)91)127-86(120)52(3)106(6)73(110)33-37-129-130-47-65(78(94)112)101-84(118)67-49-132-131-48-66(102-79(113)60(93)39-54-23-13-12-14-24-54)83(117)99-63(40-55-29-31-58(109)32-30-55)81(115)100-64(43-57-46-97-61-26-16-15-25-59(57)61)82(116)98-62(80(114)104-76(53(4)108)85(119)103-67)27-17-20-36-96-87(121)95-35-19-11-10-18-34-92/h12-16,21-26,28-32,41-42,46,51-53,60,62-67,70-72,76-77,97,108-109,123H,10-11,17-20,27,33-40,43-45,47-49,92-93H2,1-9H3,(H2,94,112)(H,98,116)(H,99,117)(H,100,115)(H,101,118)(H,102,113)(H,103,119)(H,104,114)(H,105,122)(H2,95,96,121)/b28-21+,50-22+/t51-,52+,53-,60-,62+,63+,64-,65+,66+,67+,70+,71-,72+,76+,77?,89+,90+/m1/s1. The van der Waals surface area contributed by atoms with Gasteiger partial charge in [-0.15, -0.1) is 0 Å². The first-order valence-electron chi connectivity index (χ1n) is 43.7. The quantitative estimate of drug-likeness (QED) is 0.0119. The molecule has 4 aliphatic heterocycles. The number of benzene rings is 4. The number of alkyl carbamates (subject to hydrolysis) is 1. The predicted molar refractivity (Wildman–Crippen MR) is 505 cm³/mol. The average molecular weight is 1930 g/mol. The topological polar surface area (TPSA) is 553 Å². The monoisotopic (exact) mass is 1930 g/mol. The number of esters is 1. The molecule has 132 heavy (non-hydrogen) atoms. The van der Waals surface area contributed by atoms with Crippen LogP contribution in [0, 0.1) is 5.92 Å². The summed E-state index contributed by atoms with van der Waals surface area (Å²) in [6.45, 7) is 8.95. The van der Waals surface area contributed by atoms with Crippen LogP contribution in [-0.4, -0.2) is 270 Å². The van der Waals surface area contributed by atoms with Crippen LogP contribution in [0.3, 0.4) is 0 Å². The highest BCUT2D eigenvalue weighted by Crippen LogP contribution is 2.50. The van der Waals surface area contributed by atoms with Crippen molar-refractivity contribution in [3.63, 3.8) is 0 Å². The van der Waals surface area contributed by atoms with Gasteiger partial charge >= 0.3 is 18.1 Å². The number of H-pyrrole nitrogens is 1. The number of amides is 13. The smallest absolute Gasteiger partial charge is 0.409 e. The third-order valence-corrected chi connectivity index (χ3v) is 28.6. The van der Waals surface area contributed by atoms with Crippen LogP contribution in [0.1, 0.15) is 121 Å². The molecular weight excluding hydrogens is 1800 g/mol. The molecule has 0 saturated carbocycles. The van der Waals surface area contributed by atoms with Gasteiger partial charge in [0.2, 0.25) is 59.1 Å². The van der Waals surface area contributed by atoms with E-state index in [1.165, 1.54) is 71.3 Å². The van der Waals surface area contributed by atoms with Crippen molar-refractivity contribution in [3.05, 3.63) is 148 Å². The zero-order chi connectivity index (χ0) is 96.1. The van der Waals surface area contributed by atoms with Gasteiger partial charge in [0.1, 0.15) is 88.8 Å². The number of fused-ring (bicyclic) bond motifs is 6. The number of aromatic amines is 1. The number of carbonyl (C=O) groups excluding carboxylic acids is 13. The zero-order valence-corrected chi connectivity index (χ0v) is 79.3. The summed E-state index contributed by atoms with van der Waals surface area (Å²) in [6, 6.07) is 11.2. The fourth-order valence-corrected chi connectivity index (χ4v) is 20.2. The van der Waals surface area contributed by atoms with E-state index in [-0.39, 0.29) is 97.4 Å². The first kappa shape index (κ1) is 105. The molecule has 37 nitrogen and oxygen atoms in total. The molecular formula is C90H123ClN16O21S4. The lowest BCUT2D eigenvalue weighted by molar-refractivity contribution is -0.162. The number of aromatic hydroxyl groups is 1. The summed E-state index contributed by atoms with van der Waals surface area (Å²) in [6.07, 6.45) is 2.57. The Kier molecular flexibility index (Phi) is 40.4. The number of aliphatic hydroxyl groups excluding tert-OH is 1. The molecule has 720 valence electrons. The number of nitrogens with two attached hydrogens (primary N) is 3. The summed E-state index contributed by atoms with van der Waals surface area (Å²) in [5, 5.41) is 61.6. The number of hydrogen-bond donors (Lipinski definition) is 17. The number of likely N-dealkylation sites (N-methyl/N-ethyl adjacent to an activating group) is 1. The number of halogens is 1. The number of carbonyl (C=O) groups is 13. The number of epoxide rings is 1. The van der Waals surface area contributed by atoms with Gasteiger partial charge in [0.05, 0.1) is 37.5 Å². The van der Waals surface area contributed by atoms with Gasteiger partial charge < -0.3 is 119 Å². The van der Waals surface area contributed by atoms with Gasteiger partial charge in [0.15, 0.2) is 5.72 Å². The molecule has 3 fully saturated rings. The Morgan fingerprint density at radius 2 is 1.46 bits per heavy atom. The van der Waals surface area contributed by atoms with Crippen molar-refractivity contribution in [1.82, 2.24) is 63.1 Å². The number of rotatable bonds is 34. The molecule has 3 saturated heterocycles. The second kappa shape index (κ2) is 50.7. The molecule has 5 heterocycles. The molecule has 20 N–H and O–H groups in total. The molecule has 0 aliphatic carbocycles. The van der Waals surface area contributed by atoms with E-state index in [9.17, 15) is 63.3 Å². The van der Waals surface area contributed by atoms with Crippen molar-refractivity contribution in [2.45, 2.75) is 221 Å². The minimum atomic E-state index is -1.96. The summed E-state index contributed by atoms with van der Waals surface area (Å²) in [5.41, 5.74) is 18.9. The highest BCUT2D eigenvalue weighted by Gasteiger charge is 2.65.